The number of piperidine rings is 1. The zero-order chi connectivity index (χ0) is 16.2. The molecule has 122 valence electrons. The van der Waals surface area contributed by atoms with Crippen molar-refractivity contribution in [2.45, 2.75) is 19.1 Å². The molecule has 1 saturated heterocycles. The van der Waals surface area contributed by atoms with Gasteiger partial charge in [-0.3, -0.25) is 4.79 Å². The van der Waals surface area contributed by atoms with Crippen molar-refractivity contribution in [3.05, 3.63) is 41.9 Å². The molecule has 0 bridgehead atoms. The third-order valence-electron chi connectivity index (χ3n) is 4.34. The van der Waals surface area contributed by atoms with Gasteiger partial charge in [-0.15, -0.1) is 0 Å². The van der Waals surface area contributed by atoms with Crippen molar-refractivity contribution in [2.75, 3.05) is 25.1 Å². The molecule has 0 unspecified atom stereocenters. The van der Waals surface area contributed by atoms with Crippen molar-refractivity contribution in [1.82, 2.24) is 0 Å². The van der Waals surface area contributed by atoms with E-state index < -0.39 is 5.97 Å². The fourth-order valence-corrected chi connectivity index (χ4v) is 3.04. The van der Waals surface area contributed by atoms with Crippen molar-refractivity contribution in [1.29, 1.82) is 0 Å². The van der Waals surface area contributed by atoms with Crippen LogP contribution in [0.5, 0.6) is 0 Å². The van der Waals surface area contributed by atoms with Crippen LogP contribution in [0.1, 0.15) is 33.6 Å². The fraction of sp³-hybridized carbons (Fsp3) is 0.412. The van der Waals surface area contributed by atoms with Crippen LogP contribution in [-0.4, -0.2) is 38.7 Å². The van der Waals surface area contributed by atoms with Gasteiger partial charge < -0.3 is 19.1 Å². The van der Waals surface area contributed by atoms with E-state index >= 15 is 0 Å². The smallest absolute Gasteiger partial charge is 0.338 e. The minimum absolute atomic E-state index is 0.176. The van der Waals surface area contributed by atoms with Crippen LogP contribution >= 0.6 is 0 Å². The summed E-state index contributed by atoms with van der Waals surface area (Å²) < 4.78 is 15.5. The molecule has 0 aromatic heterocycles. The summed E-state index contributed by atoms with van der Waals surface area (Å²) in [6.45, 7) is 1.70. The van der Waals surface area contributed by atoms with Crippen LogP contribution in [-0.2, 0) is 14.2 Å². The first kappa shape index (κ1) is 15.4. The third kappa shape index (κ3) is 3.16. The van der Waals surface area contributed by atoms with Gasteiger partial charge in [0.2, 0.25) is 6.29 Å². The molecule has 0 radical (unpaired) electrons. The van der Waals surface area contributed by atoms with Gasteiger partial charge in [0.05, 0.1) is 12.7 Å². The molecule has 1 aromatic rings. The SMILES string of the molecule is COC(=O)c1ccc(N2CCC(C3OC=CO3)CC2)cc1C=O. The monoisotopic (exact) mass is 317 g/mol. The van der Waals surface area contributed by atoms with Gasteiger partial charge in [-0.25, -0.2) is 4.79 Å². The number of nitrogens with zero attached hydrogens (tertiary/aromatic N) is 1. The molecule has 6 nitrogen and oxygen atoms in total. The van der Waals surface area contributed by atoms with Crippen LogP contribution in [0.3, 0.4) is 0 Å². The highest BCUT2D eigenvalue weighted by Crippen LogP contribution is 2.29. The number of hydrogen-bond donors (Lipinski definition) is 0. The molecule has 0 N–H and O–H groups in total. The Balaban J connectivity index is 1.68. The van der Waals surface area contributed by atoms with Crippen LogP contribution in [0, 0.1) is 5.92 Å². The average molecular weight is 317 g/mol. The number of carbonyl (C=O) groups is 2. The number of anilines is 1. The number of benzene rings is 1. The summed E-state index contributed by atoms with van der Waals surface area (Å²) in [6, 6.07) is 5.23. The van der Waals surface area contributed by atoms with Crippen LogP contribution in [0.4, 0.5) is 5.69 Å². The van der Waals surface area contributed by atoms with Crippen LogP contribution in [0.2, 0.25) is 0 Å². The molecule has 0 atom stereocenters. The maximum atomic E-state index is 11.6. The van der Waals surface area contributed by atoms with Gasteiger partial charge >= 0.3 is 5.97 Å². The van der Waals surface area contributed by atoms with E-state index in [2.05, 4.69) is 4.90 Å². The maximum Gasteiger partial charge on any atom is 0.338 e. The lowest BCUT2D eigenvalue weighted by molar-refractivity contribution is -0.0728. The van der Waals surface area contributed by atoms with Gasteiger partial charge in [0, 0.05) is 30.3 Å². The molecular weight excluding hydrogens is 298 g/mol. The lowest BCUT2D eigenvalue weighted by Gasteiger charge is -2.35. The third-order valence-corrected chi connectivity index (χ3v) is 4.34. The average Bonchev–Trinajstić information content (AvgIpc) is 3.15. The van der Waals surface area contributed by atoms with E-state index in [4.69, 9.17) is 14.2 Å². The molecule has 0 spiro atoms. The Bertz CT molecular complexity index is 611. The molecular formula is C17H19NO5. The van der Waals surface area contributed by atoms with Crippen LogP contribution in [0.15, 0.2) is 30.7 Å². The van der Waals surface area contributed by atoms with E-state index in [1.807, 2.05) is 6.07 Å². The van der Waals surface area contributed by atoms with E-state index in [0.717, 1.165) is 31.6 Å². The summed E-state index contributed by atoms with van der Waals surface area (Å²) in [5.41, 5.74) is 1.58. The van der Waals surface area contributed by atoms with Crippen LogP contribution < -0.4 is 4.90 Å². The van der Waals surface area contributed by atoms with Gasteiger partial charge in [0.15, 0.2) is 6.29 Å². The molecule has 1 fully saturated rings. The predicted octanol–water partition coefficient (Wildman–Crippen LogP) is 2.35. The van der Waals surface area contributed by atoms with E-state index in [-0.39, 0.29) is 6.29 Å². The van der Waals surface area contributed by atoms with Gasteiger partial charge in [0.25, 0.3) is 0 Å². The molecule has 1 aromatic carbocycles. The molecule has 0 saturated carbocycles. The highest BCUT2D eigenvalue weighted by molar-refractivity contribution is 5.99. The van der Waals surface area contributed by atoms with Gasteiger partial charge in [0.1, 0.15) is 12.5 Å². The Labute approximate surface area is 134 Å². The van der Waals surface area contributed by atoms with E-state index in [1.54, 1.807) is 24.7 Å². The Morgan fingerprint density at radius 3 is 2.57 bits per heavy atom. The molecule has 2 heterocycles. The normalized spacial score (nSPS) is 18.4. The van der Waals surface area contributed by atoms with Crippen molar-refractivity contribution in [2.24, 2.45) is 5.92 Å². The largest absolute Gasteiger partial charge is 0.465 e. The Morgan fingerprint density at radius 2 is 1.96 bits per heavy atom. The standard InChI is InChI=1S/C17H19NO5/c1-21-16(20)15-3-2-14(10-13(15)11-19)18-6-4-12(5-7-18)17-22-8-9-23-17/h2-3,8-12,17H,4-7H2,1H3. The van der Waals surface area contributed by atoms with Gasteiger partial charge in [-0.2, -0.15) is 0 Å². The molecule has 0 aliphatic carbocycles. The number of methoxy groups -OCH3 is 1. The first-order valence-corrected chi connectivity index (χ1v) is 7.61. The van der Waals surface area contributed by atoms with Crippen molar-refractivity contribution in [3.8, 4) is 0 Å². The number of aldehydes is 1. The zero-order valence-corrected chi connectivity index (χ0v) is 12.9. The topological polar surface area (TPSA) is 65.1 Å². The lowest BCUT2D eigenvalue weighted by Crippen LogP contribution is -2.38. The first-order chi connectivity index (χ1) is 11.2. The number of carbonyl (C=O) groups excluding carboxylic acids is 2. The zero-order valence-electron chi connectivity index (χ0n) is 12.9. The number of rotatable bonds is 4. The molecule has 3 rings (SSSR count). The first-order valence-electron chi connectivity index (χ1n) is 7.61. The highest BCUT2D eigenvalue weighted by Gasteiger charge is 2.30. The quantitative estimate of drug-likeness (QED) is 0.627. The van der Waals surface area contributed by atoms with E-state index in [0.29, 0.717) is 23.3 Å². The van der Waals surface area contributed by atoms with Crippen molar-refractivity contribution in [3.63, 3.8) is 0 Å². The summed E-state index contributed by atoms with van der Waals surface area (Å²) in [6.07, 6.45) is 5.57. The Morgan fingerprint density at radius 1 is 1.26 bits per heavy atom. The number of esters is 1. The second-order valence-electron chi connectivity index (χ2n) is 5.62. The van der Waals surface area contributed by atoms with Crippen molar-refractivity contribution < 1.29 is 23.8 Å². The van der Waals surface area contributed by atoms with Gasteiger partial charge in [-0.1, -0.05) is 0 Å². The maximum absolute atomic E-state index is 11.6. The number of hydrogen-bond acceptors (Lipinski definition) is 6. The highest BCUT2D eigenvalue weighted by atomic mass is 16.7. The predicted molar refractivity (Wildman–Crippen MR) is 83.2 cm³/mol. The van der Waals surface area contributed by atoms with Crippen LogP contribution in [0.25, 0.3) is 0 Å². The lowest BCUT2D eigenvalue weighted by atomic mass is 9.95. The van der Waals surface area contributed by atoms with E-state index in [9.17, 15) is 9.59 Å². The summed E-state index contributed by atoms with van der Waals surface area (Å²) in [7, 11) is 1.30. The summed E-state index contributed by atoms with van der Waals surface area (Å²) in [5.74, 6) is -0.137. The summed E-state index contributed by atoms with van der Waals surface area (Å²) >= 11 is 0. The molecule has 0 amide bonds. The minimum atomic E-state index is -0.500. The molecule has 6 heteroatoms. The number of ether oxygens (including phenoxy) is 3. The minimum Gasteiger partial charge on any atom is -0.465 e. The molecule has 23 heavy (non-hydrogen) atoms. The van der Waals surface area contributed by atoms with Gasteiger partial charge in [-0.05, 0) is 31.0 Å². The fourth-order valence-electron chi connectivity index (χ4n) is 3.04. The summed E-state index contributed by atoms with van der Waals surface area (Å²) in [4.78, 5) is 25.1. The molecule has 2 aliphatic heterocycles. The van der Waals surface area contributed by atoms with E-state index in [1.165, 1.54) is 7.11 Å². The second kappa shape index (κ2) is 6.73. The Kier molecular flexibility index (Phi) is 4.50. The van der Waals surface area contributed by atoms with Crippen molar-refractivity contribution >= 4 is 17.9 Å². The molecule has 2 aliphatic rings. The summed E-state index contributed by atoms with van der Waals surface area (Å²) in [5, 5.41) is 0. The second-order valence-corrected chi connectivity index (χ2v) is 5.62. The Hall–Kier alpha value is -2.50.